The molecule has 0 amide bonds. The summed E-state index contributed by atoms with van der Waals surface area (Å²) in [5, 5.41) is 44.1. The molecule has 47 heavy (non-hydrogen) atoms. The maximum absolute atomic E-state index is 10.5. The highest BCUT2D eigenvalue weighted by Gasteiger charge is 2.25. The van der Waals surface area contributed by atoms with Crippen LogP contribution < -0.4 is 21.3 Å². The molecule has 0 aromatic carbocycles. The van der Waals surface area contributed by atoms with Gasteiger partial charge in [0.2, 0.25) is 0 Å². The van der Waals surface area contributed by atoms with Gasteiger partial charge >= 0.3 is 8.80 Å². The normalized spacial score (nSPS) is 14.9. The molecule has 0 radical (unpaired) electrons. The highest BCUT2D eigenvalue weighted by Crippen LogP contribution is 2.12. The number of hydrogen-bond donors (Lipinski definition) is 10. The third-order valence-electron chi connectivity index (χ3n) is 7.67. The molecular weight excluding hydrogens is 626 g/mol. The average molecular weight is 700 g/mol. The Balaban J connectivity index is 4.09. The van der Waals surface area contributed by atoms with Gasteiger partial charge in [-0.05, 0) is 25.2 Å². The first kappa shape index (κ1) is 46.7. The van der Waals surface area contributed by atoms with Crippen molar-refractivity contribution in [1.29, 1.82) is 0 Å². The summed E-state index contributed by atoms with van der Waals surface area (Å²) in [5.74, 6) is 0.581. The van der Waals surface area contributed by atoms with Crippen LogP contribution in [0.5, 0.6) is 0 Å². The van der Waals surface area contributed by atoms with Gasteiger partial charge in [-0.15, -0.1) is 0 Å². The van der Waals surface area contributed by atoms with Gasteiger partial charge in [0.25, 0.3) is 0 Å². The Labute approximate surface area is 286 Å². The highest BCUT2D eigenvalue weighted by atomic mass is 28.4. The van der Waals surface area contributed by atoms with Gasteiger partial charge in [-0.25, -0.2) is 0 Å². The molecule has 0 saturated heterocycles. The number of nitrogens with zero attached hydrogens (tertiary/aromatic N) is 1. The van der Waals surface area contributed by atoms with Crippen LogP contribution in [0.2, 0.25) is 6.04 Å². The molecule has 4 unspecified atom stereocenters. The van der Waals surface area contributed by atoms with Gasteiger partial charge < -0.3 is 65.2 Å². The topological polar surface area (TPSA) is 200 Å². The van der Waals surface area contributed by atoms with Crippen LogP contribution in [0, 0.1) is 5.92 Å². The largest absolute Gasteiger partial charge is 0.492 e. The lowest BCUT2D eigenvalue weighted by atomic mass is 10.0. The summed E-state index contributed by atoms with van der Waals surface area (Å²) in [4.78, 5) is 29.2. The van der Waals surface area contributed by atoms with E-state index in [0.29, 0.717) is 64.9 Å². The van der Waals surface area contributed by atoms with E-state index in [1.807, 2.05) is 0 Å². The molecule has 284 valence electrons. The standard InChI is InChI=1S/C32H73N5O9Si/c1-4-7-10-29(6-3)25-46-27-31(39)22-35-14-13-33-11-12-34-15-17-37(24-32(40)28-44-19-8-5-2)18-16-36-23-30(38)26-45-20-9-21-47(41,42)43/h29-36,38-43H,4-28H2,1-3H3. The Kier molecular flexibility index (Phi) is 32.6. The van der Waals surface area contributed by atoms with Crippen molar-refractivity contribution in [2.75, 3.05) is 112 Å². The minimum absolute atomic E-state index is 0.0865. The van der Waals surface area contributed by atoms with Crippen LogP contribution in [-0.4, -0.2) is 173 Å². The fraction of sp³-hybridized carbons (Fsp3) is 1.00. The molecule has 0 fully saturated rings. The van der Waals surface area contributed by atoms with E-state index < -0.39 is 27.1 Å². The lowest BCUT2D eigenvalue weighted by molar-refractivity contribution is 0.0155. The van der Waals surface area contributed by atoms with Crippen LogP contribution in [0.1, 0.15) is 65.7 Å². The second-order valence-electron chi connectivity index (χ2n) is 12.5. The molecule has 0 aromatic rings. The summed E-state index contributed by atoms with van der Waals surface area (Å²) >= 11 is 0. The van der Waals surface area contributed by atoms with E-state index in [0.717, 1.165) is 65.1 Å². The van der Waals surface area contributed by atoms with Gasteiger partial charge in [-0.2, -0.15) is 0 Å². The van der Waals surface area contributed by atoms with Crippen LogP contribution in [-0.2, 0) is 14.2 Å². The molecule has 0 heterocycles. The van der Waals surface area contributed by atoms with Crippen LogP contribution in [0.3, 0.4) is 0 Å². The van der Waals surface area contributed by atoms with Gasteiger partial charge in [-0.1, -0.05) is 46.5 Å². The average Bonchev–Trinajstić information content (AvgIpc) is 3.02. The van der Waals surface area contributed by atoms with E-state index in [-0.39, 0.29) is 19.3 Å². The van der Waals surface area contributed by atoms with Crippen molar-refractivity contribution in [3.05, 3.63) is 0 Å². The zero-order valence-electron chi connectivity index (χ0n) is 29.8. The quantitative estimate of drug-likeness (QED) is 0.0283. The van der Waals surface area contributed by atoms with Crippen molar-refractivity contribution in [2.24, 2.45) is 5.92 Å². The van der Waals surface area contributed by atoms with Gasteiger partial charge in [-0.3, -0.25) is 4.90 Å². The summed E-state index contributed by atoms with van der Waals surface area (Å²) in [7, 11) is -4.04. The number of unbranched alkanes of at least 4 members (excludes halogenated alkanes) is 2. The van der Waals surface area contributed by atoms with E-state index in [1.54, 1.807) is 0 Å². The van der Waals surface area contributed by atoms with Gasteiger partial charge in [0.15, 0.2) is 0 Å². The maximum Gasteiger partial charge on any atom is 0.492 e. The van der Waals surface area contributed by atoms with E-state index in [9.17, 15) is 15.3 Å². The first-order valence-corrected chi connectivity index (χ1v) is 20.2. The second kappa shape index (κ2) is 32.8. The molecule has 0 rings (SSSR count). The summed E-state index contributed by atoms with van der Waals surface area (Å²) in [6.45, 7) is 16.3. The smallest absolute Gasteiger partial charge is 0.390 e. The van der Waals surface area contributed by atoms with Crippen LogP contribution in [0.15, 0.2) is 0 Å². The molecule has 0 aliphatic heterocycles. The summed E-state index contributed by atoms with van der Waals surface area (Å²) in [5.41, 5.74) is 0. The molecular formula is C32H73N5O9Si. The lowest BCUT2D eigenvalue weighted by Crippen LogP contribution is -2.44. The van der Waals surface area contributed by atoms with Crippen molar-refractivity contribution in [2.45, 2.75) is 90.1 Å². The van der Waals surface area contributed by atoms with Crippen molar-refractivity contribution < 1.29 is 43.9 Å². The predicted octanol–water partition coefficient (Wildman–Crippen LogP) is -0.898. The van der Waals surface area contributed by atoms with E-state index in [1.165, 1.54) is 19.3 Å². The molecule has 4 atom stereocenters. The first-order chi connectivity index (χ1) is 22.6. The third-order valence-corrected chi connectivity index (χ3v) is 8.69. The number of ether oxygens (including phenoxy) is 3. The monoisotopic (exact) mass is 700 g/mol. The van der Waals surface area contributed by atoms with Crippen molar-refractivity contribution in [3.63, 3.8) is 0 Å². The highest BCUT2D eigenvalue weighted by molar-refractivity contribution is 6.56. The lowest BCUT2D eigenvalue weighted by Gasteiger charge is -2.26. The molecule has 0 aromatic heterocycles. The first-order valence-electron chi connectivity index (χ1n) is 18.1. The summed E-state index contributed by atoms with van der Waals surface area (Å²) in [6.07, 6.45) is 5.29. The van der Waals surface area contributed by atoms with Gasteiger partial charge in [0, 0.05) is 97.9 Å². The van der Waals surface area contributed by atoms with Crippen molar-refractivity contribution in [3.8, 4) is 0 Å². The Morgan fingerprint density at radius 3 is 1.70 bits per heavy atom. The molecule has 10 N–H and O–H groups in total. The minimum atomic E-state index is -4.04. The van der Waals surface area contributed by atoms with Crippen molar-refractivity contribution in [1.82, 2.24) is 26.2 Å². The Hall–Kier alpha value is -0.343. The number of nitrogens with one attached hydrogen (secondary N) is 4. The Morgan fingerprint density at radius 2 is 1.11 bits per heavy atom. The Morgan fingerprint density at radius 1 is 0.596 bits per heavy atom. The summed E-state index contributed by atoms with van der Waals surface area (Å²) < 4.78 is 16.7. The van der Waals surface area contributed by atoms with Crippen molar-refractivity contribution >= 4 is 8.80 Å². The minimum Gasteiger partial charge on any atom is -0.390 e. The number of rotatable bonds is 37. The molecule has 0 aliphatic rings. The maximum atomic E-state index is 10.5. The molecule has 0 spiro atoms. The molecule has 0 bridgehead atoms. The van der Waals surface area contributed by atoms with Crippen LogP contribution in [0.4, 0.5) is 0 Å². The third kappa shape index (κ3) is 33.9. The van der Waals surface area contributed by atoms with Gasteiger partial charge in [0.05, 0.1) is 38.1 Å². The van der Waals surface area contributed by atoms with E-state index >= 15 is 0 Å². The molecule has 15 heteroatoms. The number of aliphatic hydroxyl groups excluding tert-OH is 3. The predicted molar refractivity (Wildman–Crippen MR) is 188 cm³/mol. The summed E-state index contributed by atoms with van der Waals surface area (Å²) in [6, 6.07) is -0.0865. The molecule has 14 nitrogen and oxygen atoms in total. The fourth-order valence-electron chi connectivity index (χ4n) is 4.74. The Bertz CT molecular complexity index is 659. The number of hydrogen-bond acceptors (Lipinski definition) is 14. The zero-order valence-corrected chi connectivity index (χ0v) is 30.8. The molecule has 0 saturated carbocycles. The fourth-order valence-corrected chi connectivity index (χ4v) is 5.36. The second-order valence-corrected chi connectivity index (χ2v) is 14.6. The zero-order chi connectivity index (χ0) is 35.0. The van der Waals surface area contributed by atoms with Crippen LogP contribution >= 0.6 is 0 Å². The molecule has 0 aliphatic carbocycles. The van der Waals surface area contributed by atoms with E-state index in [2.05, 4.69) is 46.9 Å². The van der Waals surface area contributed by atoms with Gasteiger partial charge in [0.1, 0.15) is 0 Å². The van der Waals surface area contributed by atoms with E-state index in [4.69, 9.17) is 28.6 Å². The van der Waals surface area contributed by atoms with Crippen LogP contribution in [0.25, 0.3) is 0 Å². The SMILES string of the molecule is CCCCOCC(O)CN(CCNCCNCCNCC(O)COCC(CC)CCCC)CCNCC(O)COCCC[Si](O)(O)O. The number of aliphatic hydroxyl groups is 3.